The largest absolute Gasteiger partial charge is 0.374 e. The van der Waals surface area contributed by atoms with Crippen molar-refractivity contribution in [2.45, 2.75) is 43.6 Å². The van der Waals surface area contributed by atoms with Crippen LogP contribution in [0, 0.1) is 11.3 Å². The van der Waals surface area contributed by atoms with Crippen LogP contribution in [0.1, 0.15) is 54.2 Å². The van der Waals surface area contributed by atoms with E-state index in [9.17, 15) is 8.42 Å². The smallest absolute Gasteiger partial charge is 0.177 e. The zero-order valence-electron chi connectivity index (χ0n) is 19.6. The van der Waals surface area contributed by atoms with E-state index in [0.29, 0.717) is 42.2 Å². The molecule has 2 aromatic heterocycles. The summed E-state index contributed by atoms with van der Waals surface area (Å²) in [5.74, 6) is 0. The molecular weight excluding hydrogens is 462 g/mol. The van der Waals surface area contributed by atoms with Crippen LogP contribution in [0.25, 0.3) is 0 Å². The first-order valence-corrected chi connectivity index (χ1v) is 13.3. The van der Waals surface area contributed by atoms with Gasteiger partial charge in [0.05, 0.1) is 28.1 Å². The van der Waals surface area contributed by atoms with Gasteiger partial charge in [0.2, 0.25) is 0 Å². The molecular formula is C26H25N5O3S. The van der Waals surface area contributed by atoms with E-state index in [0.717, 1.165) is 41.2 Å². The van der Waals surface area contributed by atoms with Crippen LogP contribution >= 0.6 is 0 Å². The number of ether oxygens (including phenoxy) is 1. The molecule has 0 amide bonds. The second-order valence-corrected chi connectivity index (χ2v) is 10.9. The number of benzene rings is 1. The number of hydrogen-bond donors (Lipinski definition) is 1. The highest BCUT2D eigenvalue weighted by Crippen LogP contribution is 2.39. The summed E-state index contributed by atoms with van der Waals surface area (Å²) < 4.78 is 31.2. The van der Waals surface area contributed by atoms with E-state index < -0.39 is 9.84 Å². The van der Waals surface area contributed by atoms with Crippen LogP contribution in [-0.2, 0) is 27.4 Å². The average molecular weight is 488 g/mol. The highest BCUT2D eigenvalue weighted by molar-refractivity contribution is 7.90. The van der Waals surface area contributed by atoms with Crippen molar-refractivity contribution < 1.29 is 13.2 Å². The predicted molar refractivity (Wildman–Crippen MR) is 133 cm³/mol. The first kappa shape index (κ1) is 23.1. The molecule has 8 nitrogen and oxygen atoms in total. The van der Waals surface area contributed by atoms with Crippen LogP contribution in [0.3, 0.4) is 0 Å². The number of nitrogens with zero attached hydrogens (tertiary/aromatic N) is 4. The molecule has 0 bridgehead atoms. The Balaban J connectivity index is 1.54. The number of hydrogen-bond acceptors (Lipinski definition) is 8. The standard InChI is InChI=1S/C26H25N5O3S/c1-16-11-22-26(28-16)23(14-20(30-22)13-18-5-3-6-19(15-27)29-18)31-21-9-8-17(24-7-4-10-34-24)12-25(21)35(2,32)33/h3,5-6,8-9,12,14,24H,4,7,10-11,13H2,1-2H3,(H,30,31). The van der Waals surface area contributed by atoms with E-state index in [1.54, 1.807) is 24.3 Å². The molecule has 0 saturated carbocycles. The number of fused-ring (bicyclic) bond motifs is 1. The fraction of sp³-hybridized carbons (Fsp3) is 0.308. The van der Waals surface area contributed by atoms with E-state index in [4.69, 9.17) is 15.0 Å². The second kappa shape index (κ2) is 9.21. The zero-order chi connectivity index (χ0) is 24.6. The highest BCUT2D eigenvalue weighted by atomic mass is 32.2. The number of aromatic nitrogens is 2. The lowest BCUT2D eigenvalue weighted by Gasteiger charge is -2.17. The van der Waals surface area contributed by atoms with Crippen molar-refractivity contribution in [3.05, 3.63) is 70.8 Å². The third kappa shape index (κ3) is 4.94. The van der Waals surface area contributed by atoms with Crippen LogP contribution in [0.15, 0.2) is 52.4 Å². The summed E-state index contributed by atoms with van der Waals surface area (Å²) in [7, 11) is -3.51. The van der Waals surface area contributed by atoms with Gasteiger partial charge in [-0.1, -0.05) is 12.1 Å². The summed E-state index contributed by atoms with van der Waals surface area (Å²) in [6.45, 7) is 2.63. The summed E-state index contributed by atoms with van der Waals surface area (Å²) >= 11 is 0. The lowest BCUT2D eigenvalue weighted by Crippen LogP contribution is -2.07. The van der Waals surface area contributed by atoms with Crippen LogP contribution in [0.4, 0.5) is 17.1 Å². The van der Waals surface area contributed by atoms with Gasteiger partial charge in [-0.2, -0.15) is 5.26 Å². The van der Waals surface area contributed by atoms with E-state index in [1.165, 1.54) is 6.26 Å². The summed E-state index contributed by atoms with van der Waals surface area (Å²) in [5.41, 5.74) is 6.37. The molecule has 3 aromatic rings. The van der Waals surface area contributed by atoms with E-state index in [2.05, 4.69) is 21.4 Å². The second-order valence-electron chi connectivity index (χ2n) is 8.94. The van der Waals surface area contributed by atoms with Gasteiger partial charge in [0.25, 0.3) is 0 Å². The number of anilines is 2. The average Bonchev–Trinajstić information content (AvgIpc) is 3.48. The van der Waals surface area contributed by atoms with Crippen LogP contribution < -0.4 is 5.32 Å². The predicted octanol–water partition coefficient (Wildman–Crippen LogP) is 4.59. The third-order valence-corrected chi connectivity index (χ3v) is 7.24. The van der Waals surface area contributed by atoms with Crippen molar-refractivity contribution in [2.75, 3.05) is 18.2 Å². The molecule has 178 valence electrons. The van der Waals surface area contributed by atoms with Gasteiger partial charge in [-0.3, -0.25) is 9.98 Å². The number of pyridine rings is 2. The van der Waals surface area contributed by atoms with Gasteiger partial charge in [-0.05, 0) is 55.7 Å². The van der Waals surface area contributed by atoms with E-state index in [-0.39, 0.29) is 11.0 Å². The van der Waals surface area contributed by atoms with Crippen LogP contribution in [-0.4, -0.2) is 37.0 Å². The molecule has 2 aliphatic heterocycles. The van der Waals surface area contributed by atoms with Gasteiger partial charge in [-0.25, -0.2) is 13.4 Å². The van der Waals surface area contributed by atoms with Crippen molar-refractivity contribution in [1.82, 2.24) is 9.97 Å². The molecule has 0 spiro atoms. The Bertz CT molecular complexity index is 1490. The van der Waals surface area contributed by atoms with Gasteiger partial charge >= 0.3 is 0 Å². The monoisotopic (exact) mass is 487 g/mol. The van der Waals surface area contributed by atoms with Crippen molar-refractivity contribution >= 4 is 32.6 Å². The number of nitrogens with one attached hydrogen (secondary N) is 1. The number of aliphatic imine (C=N–C) groups is 1. The fourth-order valence-electron chi connectivity index (χ4n) is 4.52. The molecule has 9 heteroatoms. The fourth-order valence-corrected chi connectivity index (χ4v) is 5.39. The molecule has 1 fully saturated rings. The quantitative estimate of drug-likeness (QED) is 0.540. The molecule has 4 heterocycles. The Hall–Kier alpha value is -3.61. The van der Waals surface area contributed by atoms with Crippen molar-refractivity contribution in [3.63, 3.8) is 0 Å². The minimum absolute atomic E-state index is 0.0785. The third-order valence-electron chi connectivity index (χ3n) is 6.10. The molecule has 1 saturated heterocycles. The molecule has 1 unspecified atom stereocenters. The van der Waals surface area contributed by atoms with Gasteiger partial charge in [0.1, 0.15) is 17.5 Å². The minimum atomic E-state index is -3.51. The molecule has 0 radical (unpaired) electrons. The normalized spacial score (nSPS) is 17.1. The lowest BCUT2D eigenvalue weighted by molar-refractivity contribution is 0.112. The van der Waals surface area contributed by atoms with Gasteiger partial charge in [0.15, 0.2) is 9.84 Å². The number of sulfone groups is 1. The van der Waals surface area contributed by atoms with Crippen molar-refractivity contribution in [3.8, 4) is 6.07 Å². The first-order chi connectivity index (χ1) is 16.8. The Labute approximate surface area is 204 Å². The van der Waals surface area contributed by atoms with Gasteiger partial charge in [0, 0.05) is 42.8 Å². The molecule has 1 N–H and O–H groups in total. The Kier molecular flexibility index (Phi) is 6.09. The highest BCUT2D eigenvalue weighted by Gasteiger charge is 2.24. The Morgan fingerprint density at radius 3 is 2.74 bits per heavy atom. The summed E-state index contributed by atoms with van der Waals surface area (Å²) in [6.07, 6.45) is 4.05. The first-order valence-electron chi connectivity index (χ1n) is 11.5. The zero-order valence-corrected chi connectivity index (χ0v) is 20.4. The molecule has 5 rings (SSSR count). The van der Waals surface area contributed by atoms with Crippen LogP contribution in [0.2, 0.25) is 0 Å². The molecule has 2 aliphatic rings. The van der Waals surface area contributed by atoms with E-state index >= 15 is 0 Å². The maximum Gasteiger partial charge on any atom is 0.177 e. The maximum absolute atomic E-state index is 12.7. The number of rotatable bonds is 6. The minimum Gasteiger partial charge on any atom is -0.374 e. The Morgan fingerprint density at radius 1 is 1.14 bits per heavy atom. The molecule has 1 aromatic carbocycles. The molecule has 35 heavy (non-hydrogen) atoms. The molecule has 1 atom stereocenters. The Morgan fingerprint density at radius 2 is 2.00 bits per heavy atom. The topological polar surface area (TPSA) is 117 Å². The molecule has 0 aliphatic carbocycles. The lowest BCUT2D eigenvalue weighted by atomic mass is 10.1. The van der Waals surface area contributed by atoms with Gasteiger partial charge in [-0.15, -0.1) is 0 Å². The SMILES string of the molecule is CC1=Nc2c(Nc3ccc(C4CCCO4)cc3S(C)(=O)=O)cc(Cc3cccc(C#N)n3)nc2C1. The van der Waals surface area contributed by atoms with Crippen molar-refractivity contribution in [1.29, 1.82) is 5.26 Å². The summed E-state index contributed by atoms with van der Waals surface area (Å²) in [4.78, 5) is 14.0. The van der Waals surface area contributed by atoms with Crippen molar-refractivity contribution in [2.24, 2.45) is 4.99 Å². The summed E-state index contributed by atoms with van der Waals surface area (Å²) in [6, 6.07) is 14.7. The van der Waals surface area contributed by atoms with Gasteiger partial charge < -0.3 is 10.1 Å². The maximum atomic E-state index is 12.7. The van der Waals surface area contributed by atoms with E-state index in [1.807, 2.05) is 25.1 Å². The number of nitriles is 1. The summed E-state index contributed by atoms with van der Waals surface area (Å²) in [5, 5.41) is 12.5. The van der Waals surface area contributed by atoms with Crippen LogP contribution in [0.5, 0.6) is 0 Å².